The zero-order valence-electron chi connectivity index (χ0n) is 8.63. The Morgan fingerprint density at radius 3 is 2.50 bits per heavy atom. The van der Waals surface area contributed by atoms with Crippen LogP contribution in [0.25, 0.3) is 0 Å². The fraction of sp³-hybridized carbons (Fsp3) is 0.600. The van der Waals surface area contributed by atoms with Crippen LogP contribution < -0.4 is 5.32 Å². The Hall–Kier alpha value is -1.01. The molecule has 2 heterocycles. The molecule has 0 aromatic carbocycles. The molecule has 1 aromatic heterocycles. The second-order valence-corrected chi connectivity index (χ2v) is 3.75. The van der Waals surface area contributed by atoms with Crippen LogP contribution in [0.1, 0.15) is 11.8 Å². The molecule has 90 valence electrons. The predicted molar refractivity (Wildman–Crippen MR) is 51.9 cm³/mol. The van der Waals surface area contributed by atoms with Crippen molar-refractivity contribution in [1.29, 1.82) is 0 Å². The number of piperazine rings is 1. The van der Waals surface area contributed by atoms with Crippen LogP contribution >= 0.6 is 0 Å². The summed E-state index contributed by atoms with van der Waals surface area (Å²) in [6.45, 7) is 1.91. The minimum absolute atomic E-state index is 0.0330. The van der Waals surface area contributed by atoms with E-state index in [4.69, 9.17) is 4.42 Å². The van der Waals surface area contributed by atoms with Crippen LogP contribution in [0.4, 0.5) is 13.2 Å². The molecular formula is C10H13F3N2O. The second kappa shape index (κ2) is 4.47. The molecule has 16 heavy (non-hydrogen) atoms. The van der Waals surface area contributed by atoms with Gasteiger partial charge < -0.3 is 9.73 Å². The lowest BCUT2D eigenvalue weighted by Gasteiger charge is -2.34. The van der Waals surface area contributed by atoms with E-state index in [2.05, 4.69) is 5.32 Å². The first kappa shape index (κ1) is 11.5. The molecule has 0 aliphatic carbocycles. The number of furan rings is 1. The molecule has 3 nitrogen and oxygen atoms in total. The van der Waals surface area contributed by atoms with E-state index in [1.807, 2.05) is 0 Å². The number of nitrogens with one attached hydrogen (secondary N) is 1. The Morgan fingerprint density at radius 2 is 2.00 bits per heavy atom. The highest BCUT2D eigenvalue weighted by atomic mass is 19.4. The van der Waals surface area contributed by atoms with Gasteiger partial charge >= 0.3 is 6.18 Å². The Morgan fingerprint density at radius 1 is 1.31 bits per heavy atom. The second-order valence-electron chi connectivity index (χ2n) is 3.75. The lowest BCUT2D eigenvalue weighted by atomic mass is 10.1. The average molecular weight is 234 g/mol. The van der Waals surface area contributed by atoms with Gasteiger partial charge in [0.25, 0.3) is 0 Å². The van der Waals surface area contributed by atoms with Gasteiger partial charge in [-0.05, 0) is 12.1 Å². The van der Waals surface area contributed by atoms with Crippen molar-refractivity contribution in [3.63, 3.8) is 0 Å². The zero-order valence-corrected chi connectivity index (χ0v) is 8.63. The van der Waals surface area contributed by atoms with E-state index in [1.54, 1.807) is 0 Å². The van der Waals surface area contributed by atoms with E-state index >= 15 is 0 Å². The van der Waals surface area contributed by atoms with E-state index in [0.29, 0.717) is 26.2 Å². The molecule has 1 saturated heterocycles. The predicted octanol–water partition coefficient (Wildman–Crippen LogP) is 1.79. The van der Waals surface area contributed by atoms with Gasteiger partial charge in [-0.2, -0.15) is 13.2 Å². The molecule has 1 fully saturated rings. The summed E-state index contributed by atoms with van der Waals surface area (Å²) in [6.07, 6.45) is -3.02. The monoisotopic (exact) mass is 234 g/mol. The topological polar surface area (TPSA) is 28.4 Å². The standard InChI is InChI=1S/C10H13F3N2O/c11-10(12,13)9(8-2-1-7-16-8)15-5-3-14-4-6-15/h1-2,7,9,14H,3-6H2/t9-/m0/s1. The van der Waals surface area contributed by atoms with Gasteiger partial charge in [-0.15, -0.1) is 0 Å². The Kier molecular flexibility index (Phi) is 3.20. The minimum Gasteiger partial charge on any atom is -0.467 e. The van der Waals surface area contributed by atoms with Crippen LogP contribution in [-0.4, -0.2) is 37.3 Å². The maximum atomic E-state index is 12.9. The zero-order chi connectivity index (χ0) is 11.6. The average Bonchev–Trinajstić information content (AvgIpc) is 2.71. The molecule has 0 bridgehead atoms. The van der Waals surface area contributed by atoms with Gasteiger partial charge in [0.05, 0.1) is 6.26 Å². The minimum atomic E-state index is -4.30. The van der Waals surface area contributed by atoms with Crippen molar-refractivity contribution in [2.75, 3.05) is 26.2 Å². The first-order valence-electron chi connectivity index (χ1n) is 5.14. The largest absolute Gasteiger partial charge is 0.467 e. The molecule has 0 unspecified atom stereocenters. The summed E-state index contributed by atoms with van der Waals surface area (Å²) in [5.74, 6) is -0.0330. The van der Waals surface area contributed by atoms with Gasteiger partial charge in [0.15, 0.2) is 6.04 Å². The van der Waals surface area contributed by atoms with Crippen molar-refractivity contribution in [3.05, 3.63) is 24.2 Å². The first-order chi connectivity index (χ1) is 7.59. The summed E-state index contributed by atoms with van der Waals surface area (Å²) in [4.78, 5) is 1.40. The molecule has 1 atom stereocenters. The van der Waals surface area contributed by atoms with Gasteiger partial charge in [0.2, 0.25) is 0 Å². The van der Waals surface area contributed by atoms with Crippen molar-refractivity contribution >= 4 is 0 Å². The molecule has 1 aliphatic rings. The number of alkyl halides is 3. The molecule has 1 aromatic rings. The fourth-order valence-electron chi connectivity index (χ4n) is 1.94. The third-order valence-electron chi connectivity index (χ3n) is 2.64. The van der Waals surface area contributed by atoms with Crippen LogP contribution in [0.3, 0.4) is 0 Å². The summed E-state index contributed by atoms with van der Waals surface area (Å²) in [7, 11) is 0. The van der Waals surface area contributed by atoms with Crippen LogP contribution in [0, 0.1) is 0 Å². The van der Waals surface area contributed by atoms with Crippen LogP contribution in [0.2, 0.25) is 0 Å². The van der Waals surface area contributed by atoms with Gasteiger partial charge in [-0.1, -0.05) is 0 Å². The molecule has 1 aliphatic heterocycles. The lowest BCUT2D eigenvalue weighted by molar-refractivity contribution is -0.192. The highest BCUT2D eigenvalue weighted by molar-refractivity contribution is 5.07. The molecule has 0 amide bonds. The fourth-order valence-corrected chi connectivity index (χ4v) is 1.94. The summed E-state index contributed by atoms with van der Waals surface area (Å²) in [6, 6.07) is 1.24. The molecule has 1 N–H and O–H groups in total. The third kappa shape index (κ3) is 2.38. The third-order valence-corrected chi connectivity index (χ3v) is 2.64. The summed E-state index contributed by atoms with van der Waals surface area (Å²) >= 11 is 0. The van der Waals surface area contributed by atoms with Crippen molar-refractivity contribution in [1.82, 2.24) is 10.2 Å². The Bertz CT molecular complexity index is 317. The normalized spacial score (nSPS) is 20.9. The maximum Gasteiger partial charge on any atom is 0.411 e. The Balaban J connectivity index is 2.21. The van der Waals surface area contributed by atoms with Crippen LogP contribution in [0.15, 0.2) is 22.8 Å². The molecule has 2 rings (SSSR count). The molecule has 0 radical (unpaired) electrons. The van der Waals surface area contributed by atoms with Crippen molar-refractivity contribution in [2.24, 2.45) is 0 Å². The molecular weight excluding hydrogens is 221 g/mol. The van der Waals surface area contributed by atoms with E-state index in [-0.39, 0.29) is 5.76 Å². The van der Waals surface area contributed by atoms with Gasteiger partial charge in [-0.3, -0.25) is 4.90 Å². The van der Waals surface area contributed by atoms with Gasteiger partial charge in [0.1, 0.15) is 5.76 Å². The van der Waals surface area contributed by atoms with Gasteiger partial charge in [0, 0.05) is 26.2 Å². The van der Waals surface area contributed by atoms with Crippen LogP contribution in [0.5, 0.6) is 0 Å². The maximum absolute atomic E-state index is 12.9. The number of rotatable bonds is 2. The Labute approximate surface area is 91.2 Å². The van der Waals surface area contributed by atoms with E-state index in [1.165, 1.54) is 23.3 Å². The number of hydrogen-bond acceptors (Lipinski definition) is 3. The molecule has 0 spiro atoms. The number of halogens is 3. The first-order valence-corrected chi connectivity index (χ1v) is 5.14. The number of nitrogens with zero attached hydrogens (tertiary/aromatic N) is 1. The van der Waals surface area contributed by atoms with Crippen molar-refractivity contribution < 1.29 is 17.6 Å². The van der Waals surface area contributed by atoms with Crippen LogP contribution in [-0.2, 0) is 0 Å². The smallest absolute Gasteiger partial charge is 0.411 e. The summed E-state index contributed by atoms with van der Waals surface area (Å²) < 4.78 is 43.7. The summed E-state index contributed by atoms with van der Waals surface area (Å²) in [5.41, 5.74) is 0. The highest BCUT2D eigenvalue weighted by Crippen LogP contribution is 2.37. The van der Waals surface area contributed by atoms with Crippen molar-refractivity contribution in [2.45, 2.75) is 12.2 Å². The molecule has 6 heteroatoms. The highest BCUT2D eigenvalue weighted by Gasteiger charge is 2.46. The van der Waals surface area contributed by atoms with Gasteiger partial charge in [-0.25, -0.2) is 0 Å². The van der Waals surface area contributed by atoms with E-state index in [0.717, 1.165) is 0 Å². The van der Waals surface area contributed by atoms with Crippen molar-refractivity contribution in [3.8, 4) is 0 Å². The quantitative estimate of drug-likeness (QED) is 0.845. The van der Waals surface area contributed by atoms with E-state index < -0.39 is 12.2 Å². The summed E-state index contributed by atoms with van der Waals surface area (Å²) in [5, 5.41) is 3.03. The van der Waals surface area contributed by atoms with E-state index in [9.17, 15) is 13.2 Å². The SMILES string of the molecule is FC(F)(F)[C@H](c1ccco1)N1CCNCC1. The lowest BCUT2D eigenvalue weighted by Crippen LogP contribution is -2.48. The number of hydrogen-bond donors (Lipinski definition) is 1. The molecule has 0 saturated carbocycles.